The summed E-state index contributed by atoms with van der Waals surface area (Å²) in [5.41, 5.74) is 9.31. The Morgan fingerprint density at radius 3 is 2.64 bits per heavy atom. The van der Waals surface area contributed by atoms with Crippen molar-refractivity contribution < 1.29 is 4.74 Å². The molecule has 0 bridgehead atoms. The van der Waals surface area contributed by atoms with Gasteiger partial charge in [-0.2, -0.15) is 0 Å². The highest BCUT2D eigenvalue weighted by Crippen LogP contribution is 2.29. The van der Waals surface area contributed by atoms with E-state index in [1.165, 1.54) is 27.3 Å². The number of nitrogens with zero attached hydrogens (tertiary/aromatic N) is 1. The molecule has 0 fully saturated rings. The van der Waals surface area contributed by atoms with Gasteiger partial charge in [-0.3, -0.25) is 0 Å². The van der Waals surface area contributed by atoms with Crippen LogP contribution >= 0.6 is 0 Å². The van der Waals surface area contributed by atoms with Crippen LogP contribution < -0.4 is 15.2 Å². The highest BCUT2D eigenvalue weighted by molar-refractivity contribution is 5.75. The molecule has 2 heteroatoms. The van der Waals surface area contributed by atoms with Gasteiger partial charge in [0.25, 0.3) is 0 Å². The van der Waals surface area contributed by atoms with Crippen LogP contribution in [0.4, 0.5) is 0 Å². The molecule has 0 amide bonds. The molecule has 0 radical (unpaired) electrons. The largest absolute Gasteiger partial charge is 0.491 e. The first-order valence-corrected chi connectivity index (χ1v) is 11.8. The van der Waals surface area contributed by atoms with Crippen LogP contribution in [0.2, 0.25) is 0 Å². The minimum absolute atomic E-state index is 0.640. The maximum absolute atomic E-state index is 6.16. The second-order valence-electron chi connectivity index (χ2n) is 8.11. The van der Waals surface area contributed by atoms with Crippen molar-refractivity contribution in [3.05, 3.63) is 113 Å². The SMILES string of the molecule is C=CC(=CC=CC)c1ccc2c(c1)CN(C(C=C=CC)=c1ccccc1=C(C)CC)CCO2. The average molecular weight is 438 g/mol. The van der Waals surface area contributed by atoms with Crippen LogP contribution in [0.15, 0.2) is 91.2 Å². The summed E-state index contributed by atoms with van der Waals surface area (Å²) in [7, 11) is 0. The summed E-state index contributed by atoms with van der Waals surface area (Å²) < 4.78 is 6.16. The van der Waals surface area contributed by atoms with E-state index in [0.29, 0.717) is 6.61 Å². The van der Waals surface area contributed by atoms with Gasteiger partial charge >= 0.3 is 0 Å². The Labute approximate surface area is 198 Å². The van der Waals surface area contributed by atoms with Crippen molar-refractivity contribution in [2.45, 2.75) is 40.7 Å². The van der Waals surface area contributed by atoms with Gasteiger partial charge in [-0.1, -0.05) is 73.7 Å². The highest BCUT2D eigenvalue weighted by Gasteiger charge is 2.18. The number of benzene rings is 2. The van der Waals surface area contributed by atoms with Crippen LogP contribution in [0.1, 0.15) is 45.2 Å². The van der Waals surface area contributed by atoms with Gasteiger partial charge in [-0.25, -0.2) is 0 Å². The van der Waals surface area contributed by atoms with Gasteiger partial charge in [0.15, 0.2) is 0 Å². The molecule has 2 nitrogen and oxygen atoms in total. The van der Waals surface area contributed by atoms with E-state index in [-0.39, 0.29) is 0 Å². The van der Waals surface area contributed by atoms with E-state index in [1.54, 1.807) is 0 Å². The van der Waals surface area contributed by atoms with Crippen molar-refractivity contribution in [2.24, 2.45) is 0 Å². The summed E-state index contributed by atoms with van der Waals surface area (Å²) in [6.45, 7) is 14.7. The van der Waals surface area contributed by atoms with Gasteiger partial charge in [0.05, 0.1) is 12.2 Å². The predicted molar refractivity (Wildman–Crippen MR) is 142 cm³/mol. The fourth-order valence-electron chi connectivity index (χ4n) is 4.03. The third-order valence-electron chi connectivity index (χ3n) is 5.98. The Kier molecular flexibility index (Phi) is 8.75. The Balaban J connectivity index is 2.18. The molecule has 33 heavy (non-hydrogen) atoms. The lowest BCUT2D eigenvalue weighted by Gasteiger charge is -2.23. The molecule has 0 unspecified atom stereocenters. The van der Waals surface area contributed by atoms with Gasteiger partial charge in [0.2, 0.25) is 0 Å². The predicted octanol–water partition coefficient (Wildman–Crippen LogP) is 6.15. The summed E-state index contributed by atoms with van der Waals surface area (Å²) in [6.07, 6.45) is 13.2. The highest BCUT2D eigenvalue weighted by atomic mass is 16.5. The van der Waals surface area contributed by atoms with E-state index in [2.05, 4.69) is 85.7 Å². The second-order valence-corrected chi connectivity index (χ2v) is 8.11. The van der Waals surface area contributed by atoms with Crippen molar-refractivity contribution in [1.82, 2.24) is 4.90 Å². The van der Waals surface area contributed by atoms with E-state index in [1.807, 2.05) is 38.2 Å². The van der Waals surface area contributed by atoms with E-state index in [4.69, 9.17) is 4.74 Å². The Hall–Kier alpha value is -3.48. The van der Waals surface area contributed by atoms with Crippen molar-refractivity contribution in [3.63, 3.8) is 0 Å². The fraction of sp³-hybridized carbons (Fsp3) is 0.258. The lowest BCUT2D eigenvalue weighted by Crippen LogP contribution is -2.35. The molecule has 1 aliphatic heterocycles. The molecule has 2 aromatic rings. The van der Waals surface area contributed by atoms with Gasteiger partial charge in [0, 0.05) is 23.4 Å². The Morgan fingerprint density at radius 2 is 1.94 bits per heavy atom. The van der Waals surface area contributed by atoms with Gasteiger partial charge in [0.1, 0.15) is 12.4 Å². The number of fused-ring (bicyclic) bond motifs is 1. The van der Waals surface area contributed by atoms with E-state index in [9.17, 15) is 0 Å². The lowest BCUT2D eigenvalue weighted by atomic mass is 10.0. The lowest BCUT2D eigenvalue weighted by molar-refractivity contribution is 0.283. The zero-order chi connectivity index (χ0) is 23.6. The summed E-state index contributed by atoms with van der Waals surface area (Å²) in [5, 5.41) is 2.54. The zero-order valence-corrected chi connectivity index (χ0v) is 20.4. The summed E-state index contributed by atoms with van der Waals surface area (Å²) in [6, 6.07) is 15.1. The standard InChI is InChI=1S/C31H35NO/c1-6-10-14-25(9-4)26-18-19-31-27(22-26)23-32(20-21-33-31)30(17-11-7-2)29-16-13-12-15-28(29)24(5)8-3/h6-7,9-10,12-19,22H,4,8,20-21,23H2,1-3,5H3. The number of ether oxygens (including phenoxy) is 1. The smallest absolute Gasteiger partial charge is 0.124 e. The quantitative estimate of drug-likeness (QED) is 0.397. The summed E-state index contributed by atoms with van der Waals surface area (Å²) >= 11 is 0. The van der Waals surface area contributed by atoms with Crippen molar-refractivity contribution >= 4 is 16.8 Å². The molecular weight excluding hydrogens is 402 g/mol. The molecule has 3 rings (SSSR count). The molecule has 0 aliphatic carbocycles. The van der Waals surface area contributed by atoms with Gasteiger partial charge in [-0.15, -0.1) is 5.73 Å². The minimum atomic E-state index is 0.640. The van der Waals surface area contributed by atoms with Crippen LogP contribution in [0, 0.1) is 0 Å². The molecule has 0 saturated carbocycles. The van der Waals surface area contributed by atoms with Crippen LogP contribution in [0.25, 0.3) is 16.8 Å². The van der Waals surface area contributed by atoms with E-state index in [0.717, 1.165) is 36.4 Å². The zero-order valence-electron chi connectivity index (χ0n) is 20.4. The van der Waals surface area contributed by atoms with Gasteiger partial charge < -0.3 is 9.64 Å². The number of hydrogen-bond donors (Lipinski definition) is 0. The molecule has 0 N–H and O–H groups in total. The van der Waals surface area contributed by atoms with Crippen molar-refractivity contribution in [2.75, 3.05) is 13.2 Å². The topological polar surface area (TPSA) is 12.5 Å². The third-order valence-corrected chi connectivity index (χ3v) is 5.98. The molecule has 170 valence electrons. The maximum atomic E-state index is 6.16. The minimum Gasteiger partial charge on any atom is -0.491 e. The molecule has 0 spiro atoms. The van der Waals surface area contributed by atoms with Crippen LogP contribution in [-0.4, -0.2) is 18.1 Å². The van der Waals surface area contributed by atoms with E-state index >= 15 is 0 Å². The van der Waals surface area contributed by atoms with E-state index < -0.39 is 0 Å². The number of hydrogen-bond acceptors (Lipinski definition) is 2. The molecule has 0 aromatic heterocycles. The molecule has 1 heterocycles. The number of rotatable bonds is 6. The maximum Gasteiger partial charge on any atom is 0.124 e. The second kappa shape index (κ2) is 11.9. The third kappa shape index (κ3) is 5.86. The molecule has 0 atom stereocenters. The van der Waals surface area contributed by atoms with Crippen molar-refractivity contribution in [3.8, 4) is 5.75 Å². The number of allylic oxidation sites excluding steroid dienone is 5. The van der Waals surface area contributed by atoms with Crippen LogP contribution in [0.3, 0.4) is 0 Å². The van der Waals surface area contributed by atoms with Crippen LogP contribution in [-0.2, 0) is 6.54 Å². The first kappa shape index (κ1) is 24.2. The first-order valence-electron chi connectivity index (χ1n) is 11.8. The molecule has 1 aliphatic rings. The van der Waals surface area contributed by atoms with Crippen LogP contribution in [0.5, 0.6) is 5.75 Å². The van der Waals surface area contributed by atoms with Crippen molar-refractivity contribution in [1.29, 1.82) is 0 Å². The average Bonchev–Trinajstić information content (AvgIpc) is 3.06. The molecule has 2 aromatic carbocycles. The molecular formula is C31H35NO. The first-order chi connectivity index (χ1) is 16.1. The van der Waals surface area contributed by atoms with Gasteiger partial charge in [-0.05, 0) is 61.8 Å². The normalized spacial score (nSPS) is 15.6. The summed E-state index contributed by atoms with van der Waals surface area (Å²) in [4.78, 5) is 2.41. The Morgan fingerprint density at radius 1 is 1.15 bits per heavy atom. The molecule has 0 saturated heterocycles. The summed E-state index contributed by atoms with van der Waals surface area (Å²) in [5.74, 6) is 0.953. The monoisotopic (exact) mass is 437 g/mol. The Bertz CT molecular complexity index is 1240. The fourth-order valence-corrected chi connectivity index (χ4v) is 4.03.